The number of aromatic nitrogens is 4. The molecule has 0 bridgehead atoms. The lowest BCUT2D eigenvalue weighted by atomic mass is 10.1. The van der Waals surface area contributed by atoms with Crippen molar-refractivity contribution in [3.05, 3.63) is 59.2 Å². The van der Waals surface area contributed by atoms with Gasteiger partial charge in [-0.15, -0.1) is 0 Å². The molecule has 2 aromatic heterocycles. The van der Waals surface area contributed by atoms with Crippen LogP contribution >= 0.6 is 0 Å². The highest BCUT2D eigenvalue weighted by Gasteiger charge is 2.20. The molecule has 1 atom stereocenters. The molecule has 0 saturated carbocycles. The number of esters is 1. The Labute approximate surface area is 163 Å². The molecule has 3 rings (SSSR count). The van der Waals surface area contributed by atoms with Crippen LogP contribution in [-0.4, -0.2) is 50.0 Å². The van der Waals surface area contributed by atoms with Crippen LogP contribution in [0.4, 0.5) is 0 Å². The Morgan fingerprint density at radius 3 is 2.64 bits per heavy atom. The number of aryl methyl sites for hydroxylation is 2. The number of carbonyl (C=O) groups is 2. The van der Waals surface area contributed by atoms with E-state index < -0.39 is 5.97 Å². The Hall–Kier alpha value is -3.29. The van der Waals surface area contributed by atoms with Crippen LogP contribution < -0.4 is 0 Å². The summed E-state index contributed by atoms with van der Waals surface area (Å²) in [4.78, 5) is 34.7. The number of benzene rings is 1. The third-order valence-corrected chi connectivity index (χ3v) is 4.92. The van der Waals surface area contributed by atoms with Gasteiger partial charge in [-0.05, 0) is 26.3 Å². The fourth-order valence-corrected chi connectivity index (χ4v) is 3.02. The van der Waals surface area contributed by atoms with Crippen molar-refractivity contribution < 1.29 is 14.3 Å². The van der Waals surface area contributed by atoms with Crippen molar-refractivity contribution in [2.75, 3.05) is 13.7 Å². The number of fused-ring (bicyclic) bond motifs is 1. The second kappa shape index (κ2) is 8.16. The molecular formula is C20H23N5O3. The first-order chi connectivity index (χ1) is 13.4. The van der Waals surface area contributed by atoms with E-state index in [0.717, 1.165) is 16.8 Å². The van der Waals surface area contributed by atoms with Gasteiger partial charge in [0.15, 0.2) is 6.61 Å². The fraction of sp³-hybridized carbons (Fsp3) is 0.350. The normalized spacial score (nSPS) is 12.0. The SMILES string of the molecule is Cc1nc2ncnn2c(C)c1CC(=O)OCC(=O)N(C)[C@H](C)c1ccccc1. The van der Waals surface area contributed by atoms with Crippen LogP contribution in [0.5, 0.6) is 0 Å². The van der Waals surface area contributed by atoms with Gasteiger partial charge in [-0.3, -0.25) is 9.59 Å². The van der Waals surface area contributed by atoms with Crippen molar-refractivity contribution in [2.45, 2.75) is 33.2 Å². The van der Waals surface area contributed by atoms with E-state index >= 15 is 0 Å². The van der Waals surface area contributed by atoms with Crippen molar-refractivity contribution in [1.29, 1.82) is 0 Å². The minimum atomic E-state index is -0.485. The number of rotatable bonds is 6. The van der Waals surface area contributed by atoms with E-state index in [1.165, 1.54) is 6.33 Å². The van der Waals surface area contributed by atoms with Crippen molar-refractivity contribution in [2.24, 2.45) is 0 Å². The quantitative estimate of drug-likeness (QED) is 0.607. The number of nitrogens with zero attached hydrogens (tertiary/aromatic N) is 5. The number of hydrogen-bond donors (Lipinski definition) is 0. The first-order valence-electron chi connectivity index (χ1n) is 9.00. The first-order valence-corrected chi connectivity index (χ1v) is 9.00. The third kappa shape index (κ3) is 4.00. The van der Waals surface area contributed by atoms with Gasteiger partial charge < -0.3 is 9.64 Å². The molecule has 0 aliphatic carbocycles. The molecule has 146 valence electrons. The molecule has 0 spiro atoms. The third-order valence-electron chi connectivity index (χ3n) is 4.92. The van der Waals surface area contributed by atoms with Gasteiger partial charge in [0, 0.05) is 24.0 Å². The monoisotopic (exact) mass is 381 g/mol. The minimum absolute atomic E-state index is 0.0195. The fourth-order valence-electron chi connectivity index (χ4n) is 3.02. The lowest BCUT2D eigenvalue weighted by molar-refractivity contribution is -0.151. The summed E-state index contributed by atoms with van der Waals surface area (Å²) < 4.78 is 6.79. The Bertz CT molecular complexity index is 1000. The average molecular weight is 381 g/mol. The molecule has 1 aromatic carbocycles. The molecular weight excluding hydrogens is 358 g/mol. The van der Waals surface area contributed by atoms with Crippen molar-refractivity contribution in [3.8, 4) is 0 Å². The maximum absolute atomic E-state index is 12.4. The van der Waals surface area contributed by atoms with Crippen LogP contribution in [-0.2, 0) is 20.7 Å². The lowest BCUT2D eigenvalue weighted by Gasteiger charge is -2.25. The molecule has 0 aliphatic rings. The summed E-state index contributed by atoms with van der Waals surface area (Å²) in [6, 6.07) is 9.58. The second-order valence-corrected chi connectivity index (χ2v) is 6.66. The number of ether oxygens (including phenoxy) is 1. The van der Waals surface area contributed by atoms with Crippen molar-refractivity contribution in [3.63, 3.8) is 0 Å². The van der Waals surface area contributed by atoms with Gasteiger partial charge in [-0.2, -0.15) is 10.1 Å². The highest BCUT2D eigenvalue weighted by molar-refractivity contribution is 5.81. The summed E-state index contributed by atoms with van der Waals surface area (Å²) in [5.41, 5.74) is 3.21. The molecule has 0 N–H and O–H groups in total. The molecule has 2 heterocycles. The summed E-state index contributed by atoms with van der Waals surface area (Å²) in [5, 5.41) is 4.10. The smallest absolute Gasteiger partial charge is 0.310 e. The second-order valence-electron chi connectivity index (χ2n) is 6.66. The van der Waals surface area contributed by atoms with Crippen LogP contribution in [0.3, 0.4) is 0 Å². The largest absolute Gasteiger partial charge is 0.455 e. The molecule has 0 saturated heterocycles. The van der Waals surface area contributed by atoms with Gasteiger partial charge in [0.25, 0.3) is 11.7 Å². The molecule has 8 nitrogen and oxygen atoms in total. The van der Waals surface area contributed by atoms with Crippen molar-refractivity contribution in [1.82, 2.24) is 24.5 Å². The van der Waals surface area contributed by atoms with E-state index in [1.807, 2.05) is 51.1 Å². The van der Waals surface area contributed by atoms with E-state index in [4.69, 9.17) is 4.74 Å². The highest BCUT2D eigenvalue weighted by Crippen LogP contribution is 2.18. The molecule has 0 fully saturated rings. The predicted octanol–water partition coefficient (Wildman–Crippen LogP) is 2.05. The van der Waals surface area contributed by atoms with Gasteiger partial charge in [0.05, 0.1) is 12.5 Å². The Kier molecular flexibility index (Phi) is 5.67. The first kappa shape index (κ1) is 19.5. The topological polar surface area (TPSA) is 89.7 Å². The van der Waals surface area contributed by atoms with Crippen molar-refractivity contribution >= 4 is 17.7 Å². The summed E-state index contributed by atoms with van der Waals surface area (Å²) in [7, 11) is 1.70. The average Bonchev–Trinajstić information content (AvgIpc) is 3.17. The zero-order valence-corrected chi connectivity index (χ0v) is 16.4. The van der Waals surface area contributed by atoms with Crippen LogP contribution in [0.2, 0.25) is 0 Å². The number of likely N-dealkylation sites (N-methyl/N-ethyl adjacent to an activating group) is 1. The number of carbonyl (C=O) groups excluding carboxylic acids is 2. The minimum Gasteiger partial charge on any atom is -0.455 e. The van der Waals surface area contributed by atoms with Gasteiger partial charge in [-0.25, -0.2) is 9.50 Å². The Morgan fingerprint density at radius 1 is 1.21 bits per heavy atom. The van der Waals surface area contributed by atoms with Crippen LogP contribution in [0, 0.1) is 13.8 Å². The molecule has 0 unspecified atom stereocenters. The molecule has 3 aromatic rings. The Morgan fingerprint density at radius 2 is 1.93 bits per heavy atom. The summed E-state index contributed by atoms with van der Waals surface area (Å²) in [6.45, 7) is 5.29. The van der Waals surface area contributed by atoms with Gasteiger partial charge in [0.2, 0.25) is 0 Å². The zero-order valence-electron chi connectivity index (χ0n) is 16.4. The van der Waals surface area contributed by atoms with Gasteiger partial charge in [-0.1, -0.05) is 30.3 Å². The summed E-state index contributed by atoms with van der Waals surface area (Å²) >= 11 is 0. The molecule has 1 amide bonds. The van der Waals surface area contributed by atoms with E-state index in [-0.39, 0.29) is 25.0 Å². The zero-order chi connectivity index (χ0) is 20.3. The van der Waals surface area contributed by atoms with Gasteiger partial charge >= 0.3 is 5.97 Å². The maximum atomic E-state index is 12.4. The van der Waals surface area contributed by atoms with E-state index in [2.05, 4.69) is 15.1 Å². The highest BCUT2D eigenvalue weighted by atomic mass is 16.5. The standard InChI is InChI=1S/C20H23N5O3/c1-13-17(15(3)25-20(23-13)21-12-22-25)10-19(27)28-11-18(26)24(4)14(2)16-8-6-5-7-9-16/h5-9,12,14H,10-11H2,1-4H3/t14-/m1/s1. The predicted molar refractivity (Wildman–Crippen MR) is 103 cm³/mol. The number of hydrogen-bond acceptors (Lipinski definition) is 6. The summed E-state index contributed by atoms with van der Waals surface area (Å²) in [6.07, 6.45) is 1.44. The van der Waals surface area contributed by atoms with Crippen LogP contribution in [0.15, 0.2) is 36.7 Å². The lowest BCUT2D eigenvalue weighted by Crippen LogP contribution is -2.33. The van der Waals surface area contributed by atoms with E-state index in [9.17, 15) is 9.59 Å². The molecule has 28 heavy (non-hydrogen) atoms. The van der Waals surface area contributed by atoms with Crippen LogP contribution in [0.1, 0.15) is 35.5 Å². The van der Waals surface area contributed by atoms with E-state index in [0.29, 0.717) is 11.5 Å². The molecule has 0 radical (unpaired) electrons. The Balaban J connectivity index is 1.60. The maximum Gasteiger partial charge on any atom is 0.310 e. The van der Waals surface area contributed by atoms with Gasteiger partial charge in [0.1, 0.15) is 6.33 Å². The molecule has 8 heteroatoms. The summed E-state index contributed by atoms with van der Waals surface area (Å²) in [5.74, 6) is -0.261. The van der Waals surface area contributed by atoms with Crippen LogP contribution in [0.25, 0.3) is 5.78 Å². The number of amides is 1. The van der Waals surface area contributed by atoms with E-state index in [1.54, 1.807) is 16.5 Å². The molecule has 0 aliphatic heterocycles.